The van der Waals surface area contributed by atoms with Crippen LogP contribution in [0.2, 0.25) is 0 Å². The molecule has 0 unspecified atom stereocenters. The number of amides is 3. The number of halogens is 1. The number of benzene rings is 3. The monoisotopic (exact) mass is 604 g/mol. The number of rotatable bonds is 8. The summed E-state index contributed by atoms with van der Waals surface area (Å²) in [5.74, 6) is 0.491. The summed E-state index contributed by atoms with van der Waals surface area (Å²) in [6, 6.07) is 24.9. The Balaban J connectivity index is 1.26. The normalized spacial score (nSPS) is 16.4. The molecule has 2 saturated heterocycles. The van der Waals surface area contributed by atoms with E-state index >= 15 is 0 Å². The topological polar surface area (TPSA) is 82.2 Å². The van der Waals surface area contributed by atoms with Gasteiger partial charge in [0.15, 0.2) is 0 Å². The van der Waals surface area contributed by atoms with Crippen LogP contribution in [0.1, 0.15) is 28.8 Å². The zero-order valence-electron chi connectivity index (χ0n) is 22.5. The number of para-hydroxylation sites is 2. The molecule has 2 aliphatic rings. The largest absolute Gasteiger partial charge is 0.496 e. The zero-order valence-corrected chi connectivity index (χ0v) is 24.1. The first-order valence-corrected chi connectivity index (χ1v) is 14.3. The van der Waals surface area contributed by atoms with Gasteiger partial charge in [-0.15, -0.1) is 0 Å². The number of nitrogens with one attached hydrogen (secondary N) is 1. The summed E-state index contributed by atoms with van der Waals surface area (Å²) in [6.07, 6.45) is 1.62. The fourth-order valence-electron chi connectivity index (χ4n) is 5.65. The van der Waals surface area contributed by atoms with E-state index in [9.17, 15) is 14.4 Å². The van der Waals surface area contributed by atoms with Crippen LogP contribution < -0.4 is 15.0 Å². The number of hydrogen-bond acceptors (Lipinski definition) is 5. The second-order valence-electron chi connectivity index (χ2n) is 10.2. The molecule has 2 aliphatic heterocycles. The number of likely N-dealkylation sites (tertiary alicyclic amines) is 1. The van der Waals surface area contributed by atoms with Crippen LogP contribution in [0.4, 0.5) is 5.69 Å². The molecule has 2 heterocycles. The number of ether oxygens (including phenoxy) is 1. The molecular weight excluding hydrogens is 572 g/mol. The average Bonchev–Trinajstić information content (AvgIpc) is 3.24. The molecular formula is C31H33BrN4O4. The Kier molecular flexibility index (Phi) is 8.40. The molecule has 0 bridgehead atoms. The van der Waals surface area contributed by atoms with Gasteiger partial charge in [-0.2, -0.15) is 0 Å². The maximum Gasteiger partial charge on any atom is 0.253 e. The molecule has 208 valence electrons. The zero-order chi connectivity index (χ0) is 28.1. The predicted octanol–water partition coefficient (Wildman–Crippen LogP) is 4.10. The summed E-state index contributed by atoms with van der Waals surface area (Å²) in [7, 11) is 1.63. The highest BCUT2D eigenvalue weighted by Crippen LogP contribution is 2.39. The molecule has 0 aromatic heterocycles. The Morgan fingerprint density at radius 3 is 2.33 bits per heavy atom. The van der Waals surface area contributed by atoms with E-state index in [1.807, 2.05) is 83.8 Å². The predicted molar refractivity (Wildman–Crippen MR) is 157 cm³/mol. The van der Waals surface area contributed by atoms with Gasteiger partial charge in [-0.25, -0.2) is 0 Å². The van der Waals surface area contributed by atoms with Gasteiger partial charge in [0, 0.05) is 35.4 Å². The van der Waals surface area contributed by atoms with Crippen molar-refractivity contribution in [1.29, 1.82) is 0 Å². The summed E-state index contributed by atoms with van der Waals surface area (Å²) < 4.78 is 6.31. The lowest BCUT2D eigenvalue weighted by atomic mass is 9.85. The summed E-state index contributed by atoms with van der Waals surface area (Å²) in [4.78, 5) is 45.6. The number of carbonyl (C=O) groups is 3. The van der Waals surface area contributed by atoms with Gasteiger partial charge in [-0.3, -0.25) is 14.4 Å². The van der Waals surface area contributed by atoms with Crippen molar-refractivity contribution in [3.63, 3.8) is 0 Å². The van der Waals surface area contributed by atoms with E-state index in [0.29, 0.717) is 51.1 Å². The highest BCUT2D eigenvalue weighted by atomic mass is 79.9. The lowest BCUT2D eigenvalue weighted by molar-refractivity contribution is -0.137. The first-order chi connectivity index (χ1) is 19.4. The summed E-state index contributed by atoms with van der Waals surface area (Å²) in [6.45, 7) is 1.68. The van der Waals surface area contributed by atoms with Crippen molar-refractivity contribution in [2.24, 2.45) is 0 Å². The van der Waals surface area contributed by atoms with Gasteiger partial charge in [0.1, 0.15) is 17.8 Å². The minimum atomic E-state index is -0.796. The summed E-state index contributed by atoms with van der Waals surface area (Å²) in [5, 5.41) is 2.96. The highest BCUT2D eigenvalue weighted by molar-refractivity contribution is 9.10. The lowest BCUT2D eigenvalue weighted by Gasteiger charge is -2.43. The van der Waals surface area contributed by atoms with Crippen molar-refractivity contribution in [2.45, 2.75) is 24.8 Å². The molecule has 40 heavy (non-hydrogen) atoms. The van der Waals surface area contributed by atoms with E-state index in [4.69, 9.17) is 4.74 Å². The second kappa shape index (κ2) is 12.1. The van der Waals surface area contributed by atoms with Crippen molar-refractivity contribution in [3.8, 4) is 5.75 Å². The smallest absolute Gasteiger partial charge is 0.253 e. The van der Waals surface area contributed by atoms with Crippen LogP contribution in [0.15, 0.2) is 83.3 Å². The minimum Gasteiger partial charge on any atom is -0.496 e. The molecule has 0 saturated carbocycles. The van der Waals surface area contributed by atoms with Crippen LogP contribution in [0.3, 0.4) is 0 Å². The van der Waals surface area contributed by atoms with Crippen LogP contribution in [0.25, 0.3) is 0 Å². The van der Waals surface area contributed by atoms with Crippen molar-refractivity contribution in [3.05, 3.63) is 94.5 Å². The number of carbonyl (C=O) groups excluding carboxylic acids is 3. The Hall–Kier alpha value is -3.85. The third kappa shape index (κ3) is 5.70. The fourth-order valence-corrected chi connectivity index (χ4v) is 5.92. The third-order valence-corrected chi connectivity index (χ3v) is 8.32. The quantitative estimate of drug-likeness (QED) is 0.419. The minimum absolute atomic E-state index is 0.0165. The first-order valence-electron chi connectivity index (χ1n) is 13.5. The van der Waals surface area contributed by atoms with Gasteiger partial charge in [0.25, 0.3) is 11.8 Å². The van der Waals surface area contributed by atoms with E-state index in [-0.39, 0.29) is 24.3 Å². The summed E-state index contributed by atoms with van der Waals surface area (Å²) in [5.41, 5.74) is 1.78. The molecule has 0 atom stereocenters. The SMILES string of the molecule is COc1ccccc1CCNC(=O)CN1CN(c2ccccc2)C2(CCN(C(=O)c3ccc(Br)cc3)CC2)C1=O. The van der Waals surface area contributed by atoms with Gasteiger partial charge < -0.3 is 24.8 Å². The molecule has 3 amide bonds. The van der Waals surface area contributed by atoms with Crippen LogP contribution in [-0.2, 0) is 16.0 Å². The van der Waals surface area contributed by atoms with E-state index < -0.39 is 5.54 Å². The molecule has 9 heteroatoms. The first kappa shape index (κ1) is 27.7. The maximum atomic E-state index is 13.9. The molecule has 0 aliphatic carbocycles. The number of hydrogen-bond donors (Lipinski definition) is 1. The van der Waals surface area contributed by atoms with E-state index in [2.05, 4.69) is 26.1 Å². The molecule has 3 aromatic rings. The van der Waals surface area contributed by atoms with E-state index in [1.165, 1.54) is 0 Å². The van der Waals surface area contributed by atoms with Crippen LogP contribution >= 0.6 is 15.9 Å². The average molecular weight is 606 g/mol. The van der Waals surface area contributed by atoms with Gasteiger partial charge in [-0.05, 0) is 67.3 Å². The Morgan fingerprint density at radius 2 is 1.62 bits per heavy atom. The van der Waals surface area contributed by atoms with Gasteiger partial charge in [0.2, 0.25) is 5.91 Å². The Labute approximate surface area is 243 Å². The number of nitrogens with zero attached hydrogens (tertiary/aromatic N) is 3. The maximum absolute atomic E-state index is 13.9. The van der Waals surface area contributed by atoms with Crippen molar-refractivity contribution < 1.29 is 19.1 Å². The van der Waals surface area contributed by atoms with E-state index in [0.717, 1.165) is 21.5 Å². The van der Waals surface area contributed by atoms with Gasteiger partial charge in [0.05, 0.1) is 13.8 Å². The standard InChI is InChI=1S/C31H33BrN4O4/c1-40-27-10-6-5-7-23(27)15-18-33-28(37)21-35-22-36(26-8-3-2-4-9-26)31(30(35)39)16-19-34(20-17-31)29(38)24-11-13-25(32)14-12-24/h2-14H,15-22H2,1H3,(H,33,37). The molecule has 1 spiro atoms. The molecule has 0 radical (unpaired) electrons. The number of methoxy groups -OCH3 is 1. The summed E-state index contributed by atoms with van der Waals surface area (Å²) >= 11 is 3.41. The van der Waals surface area contributed by atoms with Crippen LogP contribution in [0, 0.1) is 0 Å². The molecule has 3 aromatic carbocycles. The Bertz CT molecular complexity index is 1360. The highest BCUT2D eigenvalue weighted by Gasteiger charge is 2.54. The molecule has 8 nitrogen and oxygen atoms in total. The van der Waals surface area contributed by atoms with E-state index in [1.54, 1.807) is 12.0 Å². The second-order valence-corrected chi connectivity index (χ2v) is 11.1. The van der Waals surface area contributed by atoms with Crippen molar-refractivity contribution in [1.82, 2.24) is 15.1 Å². The third-order valence-electron chi connectivity index (χ3n) is 7.79. The van der Waals surface area contributed by atoms with Gasteiger partial charge in [-0.1, -0.05) is 52.3 Å². The number of anilines is 1. The fraction of sp³-hybridized carbons (Fsp3) is 0.323. The molecule has 5 rings (SSSR count). The van der Waals surface area contributed by atoms with Crippen LogP contribution in [0.5, 0.6) is 5.75 Å². The molecule has 1 N–H and O–H groups in total. The van der Waals surface area contributed by atoms with Gasteiger partial charge >= 0.3 is 0 Å². The van der Waals surface area contributed by atoms with Crippen molar-refractivity contribution in [2.75, 3.05) is 44.9 Å². The number of piperidine rings is 1. The van der Waals surface area contributed by atoms with Crippen molar-refractivity contribution >= 4 is 39.3 Å². The molecule has 2 fully saturated rings. The van der Waals surface area contributed by atoms with Crippen LogP contribution in [-0.4, -0.2) is 73.0 Å². The lowest BCUT2D eigenvalue weighted by Crippen LogP contribution is -2.57. The Morgan fingerprint density at radius 1 is 0.950 bits per heavy atom.